The third kappa shape index (κ3) is 5.87. The first-order valence-corrected chi connectivity index (χ1v) is 12.6. The van der Waals surface area contributed by atoms with Gasteiger partial charge in [-0.1, -0.05) is 12.1 Å². The van der Waals surface area contributed by atoms with Gasteiger partial charge >= 0.3 is 6.09 Å². The van der Waals surface area contributed by atoms with Crippen molar-refractivity contribution in [3.8, 4) is 11.4 Å². The highest BCUT2D eigenvalue weighted by atomic mass is 16.6. The molecule has 192 valence electrons. The molecule has 0 bridgehead atoms. The topological polar surface area (TPSA) is 85.7 Å². The quantitative estimate of drug-likeness (QED) is 0.530. The van der Waals surface area contributed by atoms with Crippen molar-refractivity contribution in [2.45, 2.75) is 65.1 Å². The Labute approximate surface area is 212 Å². The van der Waals surface area contributed by atoms with Gasteiger partial charge in [-0.15, -0.1) is 0 Å². The molecular weight excluding hydrogens is 456 g/mol. The lowest BCUT2D eigenvalue weighted by molar-refractivity contribution is 0.0196. The number of benzene rings is 2. The van der Waals surface area contributed by atoms with Crippen LogP contribution in [0.15, 0.2) is 53.3 Å². The third-order valence-corrected chi connectivity index (χ3v) is 6.23. The number of carbonyl (C=O) groups is 1. The van der Waals surface area contributed by atoms with Gasteiger partial charge in [0.05, 0.1) is 29.2 Å². The number of carbonyl (C=O) groups excluding carboxylic acids is 1. The Morgan fingerprint density at radius 1 is 1.11 bits per heavy atom. The summed E-state index contributed by atoms with van der Waals surface area (Å²) in [5.74, 6) is 1.41. The first-order chi connectivity index (χ1) is 17.2. The molecule has 0 saturated carbocycles. The van der Waals surface area contributed by atoms with Crippen molar-refractivity contribution >= 4 is 17.0 Å². The lowest BCUT2D eigenvalue weighted by Gasteiger charge is -2.35. The van der Waals surface area contributed by atoms with Gasteiger partial charge in [-0.05, 0) is 83.9 Å². The van der Waals surface area contributed by atoms with E-state index in [4.69, 9.17) is 14.5 Å². The smallest absolute Gasteiger partial charge is 0.410 e. The summed E-state index contributed by atoms with van der Waals surface area (Å²) in [6.45, 7) is 11.4. The highest BCUT2D eigenvalue weighted by Gasteiger charge is 2.28. The zero-order valence-electron chi connectivity index (χ0n) is 21.8. The van der Waals surface area contributed by atoms with Gasteiger partial charge in [0, 0.05) is 19.1 Å². The first-order valence-electron chi connectivity index (χ1n) is 12.6. The molecule has 8 nitrogen and oxygen atoms in total. The first kappa shape index (κ1) is 25.7. The van der Waals surface area contributed by atoms with Crippen molar-refractivity contribution in [1.29, 1.82) is 0 Å². The van der Waals surface area contributed by atoms with Crippen LogP contribution in [-0.4, -0.2) is 51.9 Å². The molecule has 2 heterocycles. The Morgan fingerprint density at radius 2 is 1.78 bits per heavy atom. The van der Waals surface area contributed by atoms with Gasteiger partial charge in [-0.25, -0.2) is 9.78 Å². The van der Waals surface area contributed by atoms with Crippen molar-refractivity contribution in [1.82, 2.24) is 19.8 Å². The Morgan fingerprint density at radius 3 is 2.42 bits per heavy atom. The average Bonchev–Trinajstić information content (AvgIpc) is 2.84. The van der Waals surface area contributed by atoms with Crippen LogP contribution in [0.2, 0.25) is 0 Å². The number of nitrogens with one attached hydrogen (secondary N) is 1. The number of hydrogen-bond donors (Lipinski definition) is 1. The van der Waals surface area contributed by atoms with E-state index in [1.54, 1.807) is 9.47 Å². The number of rotatable bonds is 6. The van der Waals surface area contributed by atoms with E-state index in [2.05, 4.69) is 5.32 Å². The number of likely N-dealkylation sites (tertiary alicyclic amines) is 1. The van der Waals surface area contributed by atoms with E-state index in [-0.39, 0.29) is 23.7 Å². The number of fused-ring (bicyclic) bond motifs is 1. The highest BCUT2D eigenvalue weighted by Crippen LogP contribution is 2.23. The number of amides is 1. The molecule has 1 aromatic heterocycles. The zero-order chi connectivity index (χ0) is 25.9. The van der Waals surface area contributed by atoms with Crippen LogP contribution in [0.1, 0.15) is 59.3 Å². The lowest BCUT2D eigenvalue weighted by Crippen LogP contribution is -2.47. The lowest BCUT2D eigenvalue weighted by atomic mass is 10.0. The molecule has 0 unspecified atom stereocenters. The zero-order valence-corrected chi connectivity index (χ0v) is 21.8. The Hall–Kier alpha value is -3.39. The molecule has 0 aliphatic carbocycles. The van der Waals surface area contributed by atoms with Gasteiger partial charge in [0.1, 0.15) is 17.2 Å². The number of para-hydroxylation sites is 1. The fraction of sp³-hybridized carbons (Fsp3) is 0.464. The van der Waals surface area contributed by atoms with Gasteiger partial charge in [0.25, 0.3) is 5.56 Å². The second-order valence-corrected chi connectivity index (χ2v) is 10.2. The van der Waals surface area contributed by atoms with Crippen molar-refractivity contribution in [2.24, 2.45) is 0 Å². The molecule has 1 fully saturated rings. The molecule has 2 aromatic carbocycles. The molecule has 0 radical (unpaired) electrons. The van der Waals surface area contributed by atoms with Crippen molar-refractivity contribution in [3.05, 3.63) is 64.7 Å². The predicted octanol–water partition coefficient (Wildman–Crippen LogP) is 4.83. The molecular formula is C28H36N4O4. The van der Waals surface area contributed by atoms with Gasteiger partial charge in [-0.2, -0.15) is 0 Å². The summed E-state index contributed by atoms with van der Waals surface area (Å²) in [5, 5.41) is 4.23. The summed E-state index contributed by atoms with van der Waals surface area (Å²) in [7, 11) is 0. The Bertz CT molecular complexity index is 1260. The third-order valence-electron chi connectivity index (χ3n) is 6.23. The van der Waals surface area contributed by atoms with E-state index in [1.807, 2.05) is 83.1 Å². The summed E-state index contributed by atoms with van der Waals surface area (Å²) in [6, 6.07) is 14.9. The van der Waals surface area contributed by atoms with Crippen LogP contribution in [-0.2, 0) is 4.74 Å². The molecule has 8 heteroatoms. The molecule has 36 heavy (non-hydrogen) atoms. The molecule has 1 amide bonds. The monoisotopic (exact) mass is 492 g/mol. The number of piperidine rings is 1. The minimum absolute atomic E-state index is 0.104. The normalized spacial score (nSPS) is 15.6. The molecule has 3 aromatic rings. The number of hydrogen-bond acceptors (Lipinski definition) is 6. The SMILES string of the molecule is CCOc1ccc(-n2c([C@@H](C)NC3CCN(C(=O)OC(C)(C)C)CC3)nc3ccccc3c2=O)cc1. The molecule has 4 rings (SSSR count). The summed E-state index contributed by atoms with van der Waals surface area (Å²) < 4.78 is 12.8. The minimum Gasteiger partial charge on any atom is -0.494 e. The molecule has 0 spiro atoms. The van der Waals surface area contributed by atoms with Gasteiger partial charge in [0.15, 0.2) is 0 Å². The van der Waals surface area contributed by atoms with Crippen LogP contribution < -0.4 is 15.6 Å². The standard InChI is InChI=1S/C28H36N4O4/c1-6-35-22-13-11-21(12-14-22)32-25(30-24-10-8-7-9-23(24)26(32)33)19(2)29-20-15-17-31(18-16-20)27(34)36-28(3,4)5/h7-14,19-20,29H,6,15-18H2,1-5H3/t19-/m1/s1. The Kier molecular flexibility index (Phi) is 7.64. The number of ether oxygens (including phenoxy) is 2. The van der Waals surface area contributed by atoms with Crippen molar-refractivity contribution in [3.63, 3.8) is 0 Å². The number of aromatic nitrogens is 2. The summed E-state index contributed by atoms with van der Waals surface area (Å²) >= 11 is 0. The maximum absolute atomic E-state index is 13.6. The van der Waals surface area contributed by atoms with E-state index in [1.165, 1.54) is 0 Å². The Balaban J connectivity index is 1.57. The van der Waals surface area contributed by atoms with Crippen LogP contribution in [0.5, 0.6) is 5.75 Å². The van der Waals surface area contributed by atoms with Gasteiger partial charge in [0.2, 0.25) is 0 Å². The van der Waals surface area contributed by atoms with Crippen LogP contribution in [0.3, 0.4) is 0 Å². The van der Waals surface area contributed by atoms with Crippen LogP contribution >= 0.6 is 0 Å². The molecule has 1 N–H and O–H groups in total. The van der Waals surface area contributed by atoms with Gasteiger partial charge in [-0.3, -0.25) is 9.36 Å². The molecule has 1 atom stereocenters. The summed E-state index contributed by atoms with van der Waals surface area (Å²) in [4.78, 5) is 32.7. The van der Waals surface area contributed by atoms with E-state index < -0.39 is 5.60 Å². The molecule has 1 saturated heterocycles. The maximum atomic E-state index is 13.6. The summed E-state index contributed by atoms with van der Waals surface area (Å²) in [5.41, 5.74) is 0.804. The van der Waals surface area contributed by atoms with Gasteiger partial charge < -0.3 is 19.7 Å². The molecule has 1 aliphatic heterocycles. The van der Waals surface area contributed by atoms with Crippen LogP contribution in [0, 0.1) is 0 Å². The van der Waals surface area contributed by atoms with Crippen LogP contribution in [0.4, 0.5) is 4.79 Å². The van der Waals surface area contributed by atoms with Crippen molar-refractivity contribution in [2.75, 3.05) is 19.7 Å². The minimum atomic E-state index is -0.507. The van der Waals surface area contributed by atoms with E-state index in [9.17, 15) is 9.59 Å². The predicted molar refractivity (Wildman–Crippen MR) is 141 cm³/mol. The van der Waals surface area contributed by atoms with E-state index in [0.29, 0.717) is 36.4 Å². The fourth-order valence-electron chi connectivity index (χ4n) is 4.53. The van der Waals surface area contributed by atoms with Crippen molar-refractivity contribution < 1.29 is 14.3 Å². The van der Waals surface area contributed by atoms with E-state index in [0.717, 1.165) is 24.3 Å². The number of nitrogens with zero attached hydrogens (tertiary/aromatic N) is 3. The second-order valence-electron chi connectivity index (χ2n) is 10.2. The average molecular weight is 493 g/mol. The maximum Gasteiger partial charge on any atom is 0.410 e. The van der Waals surface area contributed by atoms with Crippen LogP contribution in [0.25, 0.3) is 16.6 Å². The van der Waals surface area contributed by atoms with E-state index >= 15 is 0 Å². The second kappa shape index (κ2) is 10.7. The fourth-order valence-corrected chi connectivity index (χ4v) is 4.53. The summed E-state index contributed by atoms with van der Waals surface area (Å²) in [6.07, 6.45) is 1.32. The highest BCUT2D eigenvalue weighted by molar-refractivity contribution is 5.78. The molecule has 1 aliphatic rings. The largest absolute Gasteiger partial charge is 0.494 e.